The van der Waals surface area contributed by atoms with Crippen molar-refractivity contribution in [2.45, 2.75) is 25.9 Å². The van der Waals surface area contributed by atoms with Gasteiger partial charge in [-0.05, 0) is 31.5 Å². The van der Waals surface area contributed by atoms with Crippen LogP contribution < -0.4 is 10.1 Å². The summed E-state index contributed by atoms with van der Waals surface area (Å²) in [5, 5.41) is 12.6. The summed E-state index contributed by atoms with van der Waals surface area (Å²) in [5.41, 5.74) is 0. The second kappa shape index (κ2) is 8.25. The lowest BCUT2D eigenvalue weighted by atomic mass is 10.3. The highest BCUT2D eigenvalue weighted by Gasteiger charge is 2.05. The lowest BCUT2D eigenvalue weighted by molar-refractivity contribution is -0.121. The normalized spacial score (nSPS) is 12.0. The molecule has 0 aromatic heterocycles. The van der Waals surface area contributed by atoms with Crippen molar-refractivity contribution in [3.8, 4) is 5.75 Å². The topological polar surface area (TPSA) is 58.6 Å². The van der Waals surface area contributed by atoms with Crippen LogP contribution in [-0.2, 0) is 4.79 Å². The van der Waals surface area contributed by atoms with E-state index in [2.05, 4.69) is 5.32 Å². The van der Waals surface area contributed by atoms with Crippen LogP contribution in [0.25, 0.3) is 0 Å². The first-order chi connectivity index (χ1) is 8.99. The van der Waals surface area contributed by atoms with Crippen LogP contribution >= 0.6 is 23.2 Å². The number of benzene rings is 1. The molecule has 1 aromatic rings. The van der Waals surface area contributed by atoms with E-state index in [1.54, 1.807) is 25.1 Å². The SMILES string of the molecule is CC(O)CNC(=O)CCCOc1ccc(Cl)cc1Cl. The Bertz CT molecular complexity index is 424. The van der Waals surface area contributed by atoms with Gasteiger partial charge in [-0.15, -0.1) is 0 Å². The fourth-order valence-corrected chi connectivity index (χ4v) is 1.82. The molecule has 1 unspecified atom stereocenters. The summed E-state index contributed by atoms with van der Waals surface area (Å²) in [5.74, 6) is 0.446. The Morgan fingerprint density at radius 1 is 1.47 bits per heavy atom. The van der Waals surface area contributed by atoms with E-state index in [0.29, 0.717) is 35.2 Å². The molecule has 0 heterocycles. The second-order valence-corrected chi connectivity index (χ2v) is 5.02. The molecule has 0 aliphatic rings. The number of hydrogen-bond donors (Lipinski definition) is 2. The number of amides is 1. The number of halogens is 2. The molecule has 19 heavy (non-hydrogen) atoms. The second-order valence-electron chi connectivity index (χ2n) is 4.18. The molecule has 0 aliphatic carbocycles. The molecule has 1 aromatic carbocycles. The van der Waals surface area contributed by atoms with Gasteiger partial charge in [-0.1, -0.05) is 23.2 Å². The van der Waals surface area contributed by atoms with Gasteiger partial charge in [0.1, 0.15) is 5.75 Å². The monoisotopic (exact) mass is 305 g/mol. The van der Waals surface area contributed by atoms with Crippen molar-refractivity contribution in [1.29, 1.82) is 0 Å². The van der Waals surface area contributed by atoms with E-state index in [1.165, 1.54) is 0 Å². The first-order valence-electron chi connectivity index (χ1n) is 6.01. The zero-order chi connectivity index (χ0) is 14.3. The summed E-state index contributed by atoms with van der Waals surface area (Å²) in [6.07, 6.45) is 0.385. The molecular formula is C13H17Cl2NO3. The van der Waals surface area contributed by atoms with Crippen LogP contribution in [0.3, 0.4) is 0 Å². The minimum atomic E-state index is -0.534. The maximum Gasteiger partial charge on any atom is 0.220 e. The fraction of sp³-hybridized carbons (Fsp3) is 0.462. The molecule has 106 valence electrons. The number of aliphatic hydroxyl groups excluding tert-OH is 1. The summed E-state index contributed by atoms with van der Waals surface area (Å²) in [7, 11) is 0. The summed E-state index contributed by atoms with van der Waals surface area (Å²) < 4.78 is 5.45. The Morgan fingerprint density at radius 2 is 2.21 bits per heavy atom. The van der Waals surface area contributed by atoms with Crippen molar-refractivity contribution < 1.29 is 14.6 Å². The third-order valence-electron chi connectivity index (χ3n) is 2.29. The standard InChI is InChI=1S/C13H17Cl2NO3/c1-9(17)8-16-13(18)3-2-6-19-12-5-4-10(14)7-11(12)15/h4-5,7,9,17H,2-3,6,8H2,1H3,(H,16,18). The first-order valence-corrected chi connectivity index (χ1v) is 6.77. The zero-order valence-corrected chi connectivity index (χ0v) is 12.2. The largest absolute Gasteiger partial charge is 0.492 e. The van der Waals surface area contributed by atoms with Crippen LogP contribution in [0.2, 0.25) is 10.0 Å². The lowest BCUT2D eigenvalue weighted by Gasteiger charge is -2.09. The van der Waals surface area contributed by atoms with Gasteiger partial charge in [-0.2, -0.15) is 0 Å². The lowest BCUT2D eigenvalue weighted by Crippen LogP contribution is -2.30. The number of carbonyl (C=O) groups excluding carboxylic acids is 1. The molecule has 0 aliphatic heterocycles. The minimum absolute atomic E-state index is 0.105. The van der Waals surface area contributed by atoms with Gasteiger partial charge in [0.25, 0.3) is 0 Å². The minimum Gasteiger partial charge on any atom is -0.492 e. The Hall–Kier alpha value is -0.970. The molecule has 1 amide bonds. The molecule has 1 rings (SSSR count). The maximum absolute atomic E-state index is 11.3. The van der Waals surface area contributed by atoms with Crippen LogP contribution in [0.5, 0.6) is 5.75 Å². The quantitative estimate of drug-likeness (QED) is 0.761. The predicted molar refractivity (Wildman–Crippen MR) is 75.9 cm³/mol. The van der Waals surface area contributed by atoms with E-state index in [0.717, 1.165) is 0 Å². The predicted octanol–water partition coefficient (Wildman–Crippen LogP) is 2.65. The Labute approximate surface area is 122 Å². The third-order valence-corrected chi connectivity index (χ3v) is 2.82. The summed E-state index contributed by atoms with van der Waals surface area (Å²) in [6.45, 7) is 2.28. The van der Waals surface area contributed by atoms with Crippen molar-refractivity contribution in [3.05, 3.63) is 28.2 Å². The average molecular weight is 306 g/mol. The molecule has 4 nitrogen and oxygen atoms in total. The summed E-state index contributed by atoms with van der Waals surface area (Å²) in [6, 6.07) is 4.99. The van der Waals surface area contributed by atoms with Crippen LogP contribution in [-0.4, -0.2) is 30.3 Å². The van der Waals surface area contributed by atoms with Crippen molar-refractivity contribution in [1.82, 2.24) is 5.32 Å². The number of hydrogen-bond acceptors (Lipinski definition) is 3. The van der Waals surface area contributed by atoms with E-state index < -0.39 is 6.10 Å². The molecule has 0 fully saturated rings. The molecule has 2 N–H and O–H groups in total. The fourth-order valence-electron chi connectivity index (χ4n) is 1.36. The van der Waals surface area contributed by atoms with E-state index >= 15 is 0 Å². The van der Waals surface area contributed by atoms with E-state index in [-0.39, 0.29) is 12.5 Å². The number of nitrogens with one attached hydrogen (secondary N) is 1. The van der Waals surface area contributed by atoms with Gasteiger partial charge in [0, 0.05) is 18.0 Å². The van der Waals surface area contributed by atoms with Crippen molar-refractivity contribution in [3.63, 3.8) is 0 Å². The van der Waals surface area contributed by atoms with Gasteiger partial charge in [-0.25, -0.2) is 0 Å². The van der Waals surface area contributed by atoms with E-state index in [9.17, 15) is 4.79 Å². The first kappa shape index (κ1) is 16.1. The summed E-state index contributed by atoms with van der Waals surface area (Å²) in [4.78, 5) is 11.3. The highest BCUT2D eigenvalue weighted by molar-refractivity contribution is 6.35. The van der Waals surface area contributed by atoms with Gasteiger partial charge >= 0.3 is 0 Å². The molecule has 0 saturated heterocycles. The molecule has 0 radical (unpaired) electrons. The van der Waals surface area contributed by atoms with Gasteiger partial charge in [0.15, 0.2) is 0 Å². The van der Waals surface area contributed by atoms with Crippen LogP contribution in [0, 0.1) is 0 Å². The highest BCUT2D eigenvalue weighted by atomic mass is 35.5. The molecule has 0 bridgehead atoms. The van der Waals surface area contributed by atoms with Crippen molar-refractivity contribution >= 4 is 29.1 Å². The smallest absolute Gasteiger partial charge is 0.220 e. The number of ether oxygens (including phenoxy) is 1. The molecular weight excluding hydrogens is 289 g/mol. The Balaban J connectivity index is 2.22. The molecule has 6 heteroatoms. The van der Waals surface area contributed by atoms with Crippen molar-refractivity contribution in [2.75, 3.05) is 13.2 Å². The van der Waals surface area contributed by atoms with Crippen LogP contribution in [0.15, 0.2) is 18.2 Å². The van der Waals surface area contributed by atoms with Crippen LogP contribution in [0.1, 0.15) is 19.8 Å². The summed E-state index contributed by atoms with van der Waals surface area (Å²) >= 11 is 11.7. The Morgan fingerprint density at radius 3 is 2.84 bits per heavy atom. The van der Waals surface area contributed by atoms with Gasteiger partial charge in [0.05, 0.1) is 17.7 Å². The molecule has 0 saturated carbocycles. The van der Waals surface area contributed by atoms with E-state index in [1.807, 2.05) is 0 Å². The third kappa shape index (κ3) is 6.66. The Kier molecular flexibility index (Phi) is 6.99. The van der Waals surface area contributed by atoms with Gasteiger partial charge in [0.2, 0.25) is 5.91 Å². The molecule has 0 spiro atoms. The number of carbonyl (C=O) groups is 1. The maximum atomic E-state index is 11.3. The van der Waals surface area contributed by atoms with Gasteiger partial charge < -0.3 is 15.2 Å². The number of aliphatic hydroxyl groups is 1. The van der Waals surface area contributed by atoms with E-state index in [4.69, 9.17) is 33.0 Å². The van der Waals surface area contributed by atoms with Crippen molar-refractivity contribution in [2.24, 2.45) is 0 Å². The average Bonchev–Trinajstić information content (AvgIpc) is 2.34. The molecule has 1 atom stereocenters. The van der Waals surface area contributed by atoms with Gasteiger partial charge in [-0.3, -0.25) is 4.79 Å². The highest BCUT2D eigenvalue weighted by Crippen LogP contribution is 2.27. The van der Waals surface area contributed by atoms with Crippen LogP contribution in [0.4, 0.5) is 0 Å². The number of rotatable bonds is 7. The zero-order valence-electron chi connectivity index (χ0n) is 10.7.